The van der Waals surface area contributed by atoms with Crippen molar-refractivity contribution < 1.29 is 9.84 Å². The molecule has 0 aromatic heterocycles. The molecule has 1 unspecified atom stereocenters. The van der Waals surface area contributed by atoms with Crippen LogP contribution in [0.3, 0.4) is 0 Å². The Balaban J connectivity index is 2.11. The summed E-state index contributed by atoms with van der Waals surface area (Å²) < 4.78 is 5.65. The van der Waals surface area contributed by atoms with Gasteiger partial charge in [-0.25, -0.2) is 0 Å². The first kappa shape index (κ1) is 13.7. The highest BCUT2D eigenvalue weighted by Crippen LogP contribution is 2.39. The van der Waals surface area contributed by atoms with Gasteiger partial charge in [0.05, 0.1) is 6.61 Å². The standard InChI is InChI=1S/C16H14Cl2O2/c1-9-2-3-11(17)7-13(9)15(19)14-8-12(18)6-10-4-5-20-16(10)14/h2-3,6-8,15,19H,4-5H2,1H3. The van der Waals surface area contributed by atoms with Crippen molar-refractivity contribution in [1.82, 2.24) is 0 Å². The zero-order valence-corrected chi connectivity index (χ0v) is 12.5. The molecule has 3 rings (SSSR count). The van der Waals surface area contributed by atoms with Gasteiger partial charge in [-0.1, -0.05) is 29.3 Å². The molecule has 4 heteroatoms. The van der Waals surface area contributed by atoms with Gasteiger partial charge < -0.3 is 9.84 Å². The zero-order valence-electron chi connectivity index (χ0n) is 11.0. The Morgan fingerprint density at radius 3 is 2.65 bits per heavy atom. The van der Waals surface area contributed by atoms with Crippen LogP contribution in [-0.2, 0) is 6.42 Å². The Labute approximate surface area is 127 Å². The number of aliphatic hydroxyl groups excluding tert-OH is 1. The topological polar surface area (TPSA) is 29.5 Å². The van der Waals surface area contributed by atoms with E-state index in [1.165, 1.54) is 0 Å². The molecule has 0 amide bonds. The van der Waals surface area contributed by atoms with Crippen molar-refractivity contribution >= 4 is 23.2 Å². The molecule has 0 spiro atoms. The second-order valence-electron chi connectivity index (χ2n) is 4.99. The first-order valence-corrected chi connectivity index (χ1v) is 7.21. The first-order chi connectivity index (χ1) is 9.56. The number of hydrogen-bond donors (Lipinski definition) is 1. The van der Waals surface area contributed by atoms with E-state index in [9.17, 15) is 5.11 Å². The molecule has 1 atom stereocenters. The van der Waals surface area contributed by atoms with Gasteiger partial charge in [-0.2, -0.15) is 0 Å². The number of rotatable bonds is 2. The molecular weight excluding hydrogens is 295 g/mol. The number of hydrogen-bond acceptors (Lipinski definition) is 2. The number of ether oxygens (including phenoxy) is 1. The van der Waals surface area contributed by atoms with Crippen LogP contribution in [0.15, 0.2) is 30.3 Å². The quantitative estimate of drug-likeness (QED) is 0.895. The van der Waals surface area contributed by atoms with Crippen LogP contribution in [0.25, 0.3) is 0 Å². The lowest BCUT2D eigenvalue weighted by molar-refractivity contribution is 0.213. The number of aliphatic hydroxyl groups is 1. The molecule has 1 aliphatic rings. The van der Waals surface area contributed by atoms with Crippen LogP contribution in [0, 0.1) is 6.92 Å². The number of fused-ring (bicyclic) bond motifs is 1. The van der Waals surface area contributed by atoms with E-state index in [0.29, 0.717) is 22.2 Å². The molecule has 104 valence electrons. The molecule has 1 heterocycles. The van der Waals surface area contributed by atoms with E-state index in [2.05, 4.69) is 0 Å². The fourth-order valence-electron chi connectivity index (χ4n) is 2.57. The molecule has 0 fully saturated rings. The van der Waals surface area contributed by atoms with Gasteiger partial charge in [0.1, 0.15) is 11.9 Å². The number of aryl methyl sites for hydroxylation is 1. The Morgan fingerprint density at radius 2 is 1.85 bits per heavy atom. The van der Waals surface area contributed by atoms with Crippen LogP contribution in [0.5, 0.6) is 5.75 Å². The molecule has 2 aromatic carbocycles. The monoisotopic (exact) mass is 308 g/mol. The fraction of sp³-hybridized carbons (Fsp3) is 0.250. The second-order valence-corrected chi connectivity index (χ2v) is 5.86. The normalized spacial score (nSPS) is 14.8. The lowest BCUT2D eigenvalue weighted by atomic mass is 9.95. The van der Waals surface area contributed by atoms with Crippen LogP contribution < -0.4 is 4.74 Å². The number of halogens is 2. The average Bonchev–Trinajstić information content (AvgIpc) is 2.87. The van der Waals surface area contributed by atoms with Gasteiger partial charge in [0, 0.05) is 22.0 Å². The molecule has 0 aliphatic carbocycles. The van der Waals surface area contributed by atoms with Crippen molar-refractivity contribution in [2.45, 2.75) is 19.4 Å². The lowest BCUT2D eigenvalue weighted by Crippen LogP contribution is -2.04. The maximum absolute atomic E-state index is 10.7. The molecule has 1 aliphatic heterocycles. The van der Waals surface area contributed by atoms with Gasteiger partial charge in [0.2, 0.25) is 0 Å². The van der Waals surface area contributed by atoms with E-state index < -0.39 is 6.10 Å². The van der Waals surface area contributed by atoms with E-state index in [-0.39, 0.29) is 0 Å². The van der Waals surface area contributed by atoms with Crippen molar-refractivity contribution in [3.63, 3.8) is 0 Å². The Bertz CT molecular complexity index is 668. The van der Waals surface area contributed by atoms with Gasteiger partial charge in [0.25, 0.3) is 0 Å². The fourth-order valence-corrected chi connectivity index (χ4v) is 3.00. The predicted molar refractivity (Wildman–Crippen MR) is 80.9 cm³/mol. The molecule has 1 N–H and O–H groups in total. The van der Waals surface area contributed by atoms with E-state index >= 15 is 0 Å². The third-order valence-electron chi connectivity index (χ3n) is 3.61. The van der Waals surface area contributed by atoms with E-state index in [0.717, 1.165) is 28.9 Å². The third-order valence-corrected chi connectivity index (χ3v) is 4.06. The summed E-state index contributed by atoms with van der Waals surface area (Å²) in [6, 6.07) is 9.14. The van der Waals surface area contributed by atoms with Gasteiger partial charge in [-0.05, 0) is 47.9 Å². The van der Waals surface area contributed by atoms with Crippen LogP contribution in [0.4, 0.5) is 0 Å². The van der Waals surface area contributed by atoms with Crippen molar-refractivity contribution in [2.24, 2.45) is 0 Å². The lowest BCUT2D eigenvalue weighted by Gasteiger charge is -2.17. The summed E-state index contributed by atoms with van der Waals surface area (Å²) in [6.07, 6.45) is 0.0312. The van der Waals surface area contributed by atoms with Crippen LogP contribution >= 0.6 is 23.2 Å². The maximum Gasteiger partial charge on any atom is 0.128 e. The minimum Gasteiger partial charge on any atom is -0.493 e. The second kappa shape index (κ2) is 5.28. The van der Waals surface area contributed by atoms with Gasteiger partial charge in [0.15, 0.2) is 0 Å². The molecular formula is C16H14Cl2O2. The van der Waals surface area contributed by atoms with Crippen LogP contribution in [0.2, 0.25) is 10.0 Å². The van der Waals surface area contributed by atoms with Crippen molar-refractivity contribution in [2.75, 3.05) is 6.61 Å². The molecule has 0 saturated heterocycles. The SMILES string of the molecule is Cc1ccc(Cl)cc1C(O)c1cc(Cl)cc2c1OCC2. The Hall–Kier alpha value is -1.22. The maximum atomic E-state index is 10.7. The molecule has 2 aromatic rings. The summed E-state index contributed by atoms with van der Waals surface area (Å²) in [5.41, 5.74) is 3.51. The molecule has 0 saturated carbocycles. The zero-order chi connectivity index (χ0) is 14.3. The highest BCUT2D eigenvalue weighted by molar-refractivity contribution is 6.31. The largest absolute Gasteiger partial charge is 0.493 e. The summed E-state index contributed by atoms with van der Waals surface area (Å²) in [4.78, 5) is 0. The van der Waals surface area contributed by atoms with E-state index in [4.69, 9.17) is 27.9 Å². The van der Waals surface area contributed by atoms with Crippen molar-refractivity contribution in [3.8, 4) is 5.75 Å². The van der Waals surface area contributed by atoms with Crippen LogP contribution in [0.1, 0.15) is 28.4 Å². The Kier molecular flexibility index (Phi) is 3.63. The first-order valence-electron chi connectivity index (χ1n) is 6.45. The van der Waals surface area contributed by atoms with Gasteiger partial charge in [-0.3, -0.25) is 0 Å². The summed E-state index contributed by atoms with van der Waals surface area (Å²) in [6.45, 7) is 2.57. The molecule has 2 nitrogen and oxygen atoms in total. The van der Waals surface area contributed by atoms with Crippen molar-refractivity contribution in [3.05, 3.63) is 62.6 Å². The Morgan fingerprint density at radius 1 is 1.10 bits per heavy atom. The van der Waals surface area contributed by atoms with Gasteiger partial charge in [-0.15, -0.1) is 0 Å². The predicted octanol–water partition coefficient (Wildman–Crippen LogP) is 4.32. The summed E-state index contributed by atoms with van der Waals surface area (Å²) in [5.74, 6) is 0.751. The van der Waals surface area contributed by atoms with E-state index in [1.54, 1.807) is 12.1 Å². The summed E-state index contributed by atoms with van der Waals surface area (Å²) >= 11 is 12.2. The third kappa shape index (κ3) is 2.39. The minimum absolute atomic E-state index is 0.601. The average molecular weight is 309 g/mol. The smallest absolute Gasteiger partial charge is 0.128 e. The van der Waals surface area contributed by atoms with Crippen LogP contribution in [-0.4, -0.2) is 11.7 Å². The summed E-state index contributed by atoms with van der Waals surface area (Å²) in [7, 11) is 0. The summed E-state index contributed by atoms with van der Waals surface area (Å²) in [5, 5.41) is 11.9. The highest BCUT2D eigenvalue weighted by atomic mass is 35.5. The van der Waals surface area contributed by atoms with Gasteiger partial charge >= 0.3 is 0 Å². The molecule has 0 radical (unpaired) electrons. The number of benzene rings is 2. The molecule has 20 heavy (non-hydrogen) atoms. The van der Waals surface area contributed by atoms with Crippen molar-refractivity contribution in [1.29, 1.82) is 0 Å². The molecule has 0 bridgehead atoms. The highest BCUT2D eigenvalue weighted by Gasteiger charge is 2.24. The minimum atomic E-state index is -0.792. The van der Waals surface area contributed by atoms with E-state index in [1.807, 2.05) is 25.1 Å².